The first-order chi connectivity index (χ1) is 13.2. The van der Waals surface area contributed by atoms with E-state index in [4.69, 9.17) is 0 Å². The predicted octanol–water partition coefficient (Wildman–Crippen LogP) is 8.14. The van der Waals surface area contributed by atoms with Crippen molar-refractivity contribution < 1.29 is 0 Å². The molecule has 150 valence electrons. The summed E-state index contributed by atoms with van der Waals surface area (Å²) in [4.78, 5) is 0. The Kier molecular flexibility index (Phi) is 8.04. The van der Waals surface area contributed by atoms with Gasteiger partial charge in [0, 0.05) is 0 Å². The second-order valence-electron chi connectivity index (χ2n) is 9.65. The van der Waals surface area contributed by atoms with E-state index in [1.54, 1.807) is 0 Å². The van der Waals surface area contributed by atoms with E-state index in [0.717, 1.165) is 41.4 Å². The molecule has 0 radical (unpaired) electrons. The predicted molar refractivity (Wildman–Crippen MR) is 120 cm³/mol. The van der Waals surface area contributed by atoms with Crippen LogP contribution in [-0.2, 0) is 0 Å². The quantitative estimate of drug-likeness (QED) is 0.270. The number of hydrogen-bond donors (Lipinski definition) is 0. The van der Waals surface area contributed by atoms with Gasteiger partial charge < -0.3 is 0 Å². The molecule has 2 fully saturated rings. The second-order valence-corrected chi connectivity index (χ2v) is 9.65. The normalized spacial score (nSPS) is 35.9. The Bertz CT molecular complexity index is 524. The van der Waals surface area contributed by atoms with Gasteiger partial charge in [0.05, 0.1) is 0 Å². The lowest BCUT2D eigenvalue weighted by Gasteiger charge is -2.21. The molecular weight excluding hydrogens is 324 g/mol. The fraction of sp³-hybridized carbons (Fsp3) is 0.704. The number of unbranched alkanes of at least 4 members (excludes halogenated alkanes) is 3. The smallest absolute Gasteiger partial charge is 0.0199 e. The molecule has 7 atom stereocenters. The first-order valence-electron chi connectivity index (χ1n) is 11.8. The van der Waals surface area contributed by atoms with E-state index in [9.17, 15) is 0 Å². The van der Waals surface area contributed by atoms with E-state index in [0.29, 0.717) is 0 Å². The Labute approximate surface area is 168 Å². The van der Waals surface area contributed by atoms with Crippen molar-refractivity contribution in [2.45, 2.75) is 77.6 Å². The highest BCUT2D eigenvalue weighted by molar-refractivity contribution is 5.11. The SMILES string of the molecule is C=CC(CC)CC1CC2C=CC1C2.C=CCCCCCC1CC2C=CC1C2. The van der Waals surface area contributed by atoms with Gasteiger partial charge in [-0.2, -0.15) is 0 Å². The fourth-order valence-electron chi connectivity index (χ4n) is 6.08. The summed E-state index contributed by atoms with van der Waals surface area (Å²) >= 11 is 0. The molecule has 0 aromatic heterocycles. The van der Waals surface area contributed by atoms with Crippen molar-refractivity contribution in [3.05, 3.63) is 49.6 Å². The van der Waals surface area contributed by atoms with Gasteiger partial charge in [-0.25, -0.2) is 0 Å². The molecule has 0 spiro atoms. The van der Waals surface area contributed by atoms with Crippen LogP contribution in [0.1, 0.15) is 77.6 Å². The molecule has 0 aromatic carbocycles. The molecule has 0 amide bonds. The highest BCUT2D eigenvalue weighted by Crippen LogP contribution is 2.46. The van der Waals surface area contributed by atoms with Gasteiger partial charge in [0.1, 0.15) is 0 Å². The van der Waals surface area contributed by atoms with Crippen LogP contribution in [0.2, 0.25) is 0 Å². The third-order valence-electron chi connectivity index (χ3n) is 7.78. The van der Waals surface area contributed by atoms with Gasteiger partial charge in [-0.15, -0.1) is 13.2 Å². The summed E-state index contributed by atoms with van der Waals surface area (Å²) in [5, 5.41) is 0. The van der Waals surface area contributed by atoms with Gasteiger partial charge in [-0.05, 0) is 99.2 Å². The van der Waals surface area contributed by atoms with Crippen LogP contribution < -0.4 is 0 Å². The average molecular weight is 367 g/mol. The summed E-state index contributed by atoms with van der Waals surface area (Å²) in [5.41, 5.74) is 0. The van der Waals surface area contributed by atoms with Crippen LogP contribution in [0.25, 0.3) is 0 Å². The van der Waals surface area contributed by atoms with Crippen LogP contribution in [0.4, 0.5) is 0 Å². The standard InChI is InChI=1S/C14H22.C13H20/c1-2-3-4-5-6-7-13-10-12-8-9-14(13)11-12;1-3-10(4-2)7-13-9-11-5-6-12(13)8-11/h2,8-9,12-14H,1,3-7,10-11H2;3,5-6,10-13H,1,4,7-9H2,2H3. The molecule has 0 aromatic rings. The third kappa shape index (κ3) is 5.72. The zero-order valence-corrected chi connectivity index (χ0v) is 17.7. The highest BCUT2D eigenvalue weighted by Gasteiger charge is 2.36. The van der Waals surface area contributed by atoms with Crippen LogP contribution in [0, 0.1) is 41.4 Å². The first-order valence-corrected chi connectivity index (χ1v) is 11.8. The molecule has 4 rings (SSSR count). The molecule has 4 aliphatic rings. The van der Waals surface area contributed by atoms with E-state index in [1.807, 2.05) is 6.08 Å². The van der Waals surface area contributed by atoms with Gasteiger partial charge in [0.2, 0.25) is 0 Å². The van der Waals surface area contributed by atoms with Crippen molar-refractivity contribution in [3.63, 3.8) is 0 Å². The maximum absolute atomic E-state index is 3.92. The highest BCUT2D eigenvalue weighted by atomic mass is 14.4. The monoisotopic (exact) mass is 366 g/mol. The van der Waals surface area contributed by atoms with E-state index < -0.39 is 0 Å². The van der Waals surface area contributed by atoms with Crippen molar-refractivity contribution in [1.29, 1.82) is 0 Å². The minimum Gasteiger partial charge on any atom is -0.103 e. The number of rotatable bonds is 10. The van der Waals surface area contributed by atoms with Crippen molar-refractivity contribution in [3.8, 4) is 0 Å². The zero-order valence-electron chi connectivity index (χ0n) is 17.7. The Morgan fingerprint density at radius 1 is 0.852 bits per heavy atom. The molecular formula is C27H42. The van der Waals surface area contributed by atoms with Gasteiger partial charge in [0.25, 0.3) is 0 Å². The van der Waals surface area contributed by atoms with E-state index in [1.165, 1.54) is 70.6 Å². The van der Waals surface area contributed by atoms with Crippen molar-refractivity contribution in [2.75, 3.05) is 0 Å². The average Bonchev–Trinajstić information content (AvgIpc) is 3.47. The molecule has 4 bridgehead atoms. The summed E-state index contributed by atoms with van der Waals surface area (Å²) < 4.78 is 0. The summed E-state index contributed by atoms with van der Waals surface area (Å²) in [7, 11) is 0. The lowest BCUT2D eigenvalue weighted by molar-refractivity contribution is 0.360. The minimum absolute atomic E-state index is 0.762. The van der Waals surface area contributed by atoms with Crippen LogP contribution in [0.5, 0.6) is 0 Å². The van der Waals surface area contributed by atoms with Gasteiger partial charge >= 0.3 is 0 Å². The van der Waals surface area contributed by atoms with E-state index in [2.05, 4.69) is 50.5 Å². The third-order valence-corrected chi connectivity index (χ3v) is 7.78. The number of fused-ring (bicyclic) bond motifs is 4. The Morgan fingerprint density at radius 3 is 2.00 bits per heavy atom. The molecule has 0 aliphatic heterocycles. The zero-order chi connectivity index (χ0) is 19.1. The molecule has 0 heteroatoms. The topological polar surface area (TPSA) is 0 Å². The molecule has 27 heavy (non-hydrogen) atoms. The lowest BCUT2D eigenvalue weighted by Crippen LogP contribution is -2.11. The molecule has 0 heterocycles. The Morgan fingerprint density at radius 2 is 1.52 bits per heavy atom. The van der Waals surface area contributed by atoms with Crippen LogP contribution in [0.3, 0.4) is 0 Å². The van der Waals surface area contributed by atoms with Crippen molar-refractivity contribution in [2.24, 2.45) is 41.4 Å². The maximum atomic E-state index is 3.92. The van der Waals surface area contributed by atoms with E-state index in [-0.39, 0.29) is 0 Å². The number of allylic oxidation sites excluding steroid dienone is 6. The summed E-state index contributed by atoms with van der Waals surface area (Å²) in [5.74, 6) is 6.53. The molecule has 4 aliphatic carbocycles. The van der Waals surface area contributed by atoms with Crippen LogP contribution in [0.15, 0.2) is 49.6 Å². The van der Waals surface area contributed by atoms with E-state index >= 15 is 0 Å². The summed E-state index contributed by atoms with van der Waals surface area (Å²) in [6.45, 7) is 9.95. The largest absolute Gasteiger partial charge is 0.103 e. The summed E-state index contributed by atoms with van der Waals surface area (Å²) in [6.07, 6.45) is 29.4. The minimum atomic E-state index is 0.762. The number of hydrogen-bond acceptors (Lipinski definition) is 0. The Hall–Kier alpha value is -1.04. The van der Waals surface area contributed by atoms with Crippen LogP contribution >= 0.6 is 0 Å². The molecule has 0 nitrogen and oxygen atoms in total. The van der Waals surface area contributed by atoms with Crippen molar-refractivity contribution >= 4 is 0 Å². The van der Waals surface area contributed by atoms with Gasteiger partial charge in [-0.3, -0.25) is 0 Å². The van der Waals surface area contributed by atoms with Crippen LogP contribution in [-0.4, -0.2) is 0 Å². The molecule has 2 saturated carbocycles. The lowest BCUT2D eigenvalue weighted by atomic mass is 9.84. The second kappa shape index (κ2) is 10.5. The maximum Gasteiger partial charge on any atom is -0.0199 e. The molecule has 7 unspecified atom stereocenters. The fourth-order valence-corrected chi connectivity index (χ4v) is 6.08. The molecule has 0 N–H and O–H groups in total. The molecule has 0 saturated heterocycles. The Balaban J connectivity index is 0.000000156. The van der Waals surface area contributed by atoms with Gasteiger partial charge in [-0.1, -0.05) is 56.2 Å². The first kappa shape index (κ1) is 20.7. The van der Waals surface area contributed by atoms with Crippen molar-refractivity contribution in [1.82, 2.24) is 0 Å². The summed E-state index contributed by atoms with van der Waals surface area (Å²) in [6, 6.07) is 0. The van der Waals surface area contributed by atoms with Gasteiger partial charge in [0.15, 0.2) is 0 Å².